The molecule has 0 aliphatic carbocycles. The van der Waals surface area contributed by atoms with Crippen molar-refractivity contribution in [2.75, 3.05) is 20.3 Å². The summed E-state index contributed by atoms with van der Waals surface area (Å²) < 4.78 is 32.1. The molecule has 0 saturated carbocycles. The smallest absolute Gasteiger partial charge is 0.344 e. The number of aliphatic hydroxyl groups is 1. The molecule has 0 atom stereocenters. The summed E-state index contributed by atoms with van der Waals surface area (Å²) >= 11 is 1.19. The lowest BCUT2D eigenvalue weighted by molar-refractivity contribution is -0.138. The lowest BCUT2D eigenvalue weighted by Crippen LogP contribution is -2.12. The van der Waals surface area contributed by atoms with E-state index in [1.54, 1.807) is 56.5 Å². The van der Waals surface area contributed by atoms with Gasteiger partial charge in [0.1, 0.15) is 28.7 Å². The van der Waals surface area contributed by atoms with E-state index in [1.807, 2.05) is 41.1 Å². The molecule has 9 heteroatoms. The molecule has 1 aliphatic rings. The fraction of sp³-hybridized carbons (Fsp3) is 0.161. The Morgan fingerprint density at radius 2 is 1.82 bits per heavy atom. The molecule has 1 N–H and O–H groups in total. The monoisotopic (exact) mass is 558 g/mol. The van der Waals surface area contributed by atoms with Crippen LogP contribution >= 0.6 is 11.8 Å². The summed E-state index contributed by atoms with van der Waals surface area (Å²) in [4.78, 5) is 17.9. The van der Waals surface area contributed by atoms with Crippen molar-refractivity contribution in [1.29, 1.82) is 0 Å². The second-order valence-corrected chi connectivity index (χ2v) is 9.77. The van der Waals surface area contributed by atoms with Crippen molar-refractivity contribution in [3.8, 4) is 11.5 Å². The summed E-state index contributed by atoms with van der Waals surface area (Å²) in [5.41, 5.74) is 2.42. The van der Waals surface area contributed by atoms with Crippen molar-refractivity contribution in [1.82, 2.24) is 4.57 Å². The Bertz CT molecular complexity index is 1640. The highest BCUT2D eigenvalue weighted by molar-refractivity contribution is 8.18. The maximum absolute atomic E-state index is 14.0. The van der Waals surface area contributed by atoms with Crippen LogP contribution in [-0.4, -0.2) is 41.0 Å². The third-order valence-electron chi connectivity index (χ3n) is 6.21. The second-order valence-electron chi connectivity index (χ2n) is 8.74. The van der Waals surface area contributed by atoms with Crippen LogP contribution in [0.15, 0.2) is 100 Å². The van der Waals surface area contributed by atoms with Gasteiger partial charge in [0.05, 0.1) is 30.9 Å². The van der Waals surface area contributed by atoms with Gasteiger partial charge in [0.15, 0.2) is 11.6 Å². The molecule has 0 unspecified atom stereocenters. The van der Waals surface area contributed by atoms with Crippen molar-refractivity contribution in [3.05, 3.63) is 107 Å². The van der Waals surface area contributed by atoms with Crippen LogP contribution in [0.3, 0.4) is 0 Å². The molecule has 5 rings (SSSR count). The molecule has 0 bridgehead atoms. The first-order chi connectivity index (χ1) is 19.5. The Morgan fingerprint density at radius 1 is 1.07 bits per heavy atom. The molecular formula is C31H27FN2O5S. The molecule has 3 aromatic carbocycles. The van der Waals surface area contributed by atoms with Gasteiger partial charge >= 0.3 is 5.97 Å². The molecule has 4 aromatic rings. The molecule has 0 radical (unpaired) electrons. The van der Waals surface area contributed by atoms with Gasteiger partial charge < -0.3 is 23.9 Å². The third kappa shape index (κ3) is 5.74. The molecule has 1 aliphatic heterocycles. The SMILES string of the molecule is CCOC(=O)C1=C(O)/C(=C/c2cn(CCOc3ccccc3F)c3ccccc23)SC1=Nc1ccc(OC)cc1. The van der Waals surface area contributed by atoms with Gasteiger partial charge in [-0.1, -0.05) is 42.1 Å². The Labute approximate surface area is 235 Å². The minimum absolute atomic E-state index is 0.0240. The zero-order valence-electron chi connectivity index (χ0n) is 22.0. The van der Waals surface area contributed by atoms with Crippen LogP contribution in [0.5, 0.6) is 11.5 Å². The number of halogens is 1. The first-order valence-corrected chi connectivity index (χ1v) is 13.5. The fourth-order valence-corrected chi connectivity index (χ4v) is 5.32. The highest BCUT2D eigenvalue weighted by atomic mass is 32.2. The Hall–Kier alpha value is -4.50. The Balaban J connectivity index is 1.47. The minimum atomic E-state index is -0.643. The number of rotatable bonds is 9. The van der Waals surface area contributed by atoms with Gasteiger partial charge in [0, 0.05) is 22.7 Å². The lowest BCUT2D eigenvalue weighted by Gasteiger charge is -2.08. The van der Waals surface area contributed by atoms with Gasteiger partial charge in [-0.15, -0.1) is 0 Å². The predicted molar refractivity (Wildman–Crippen MR) is 156 cm³/mol. The summed E-state index contributed by atoms with van der Waals surface area (Å²) in [5, 5.41) is 12.4. The van der Waals surface area contributed by atoms with Crippen LogP contribution in [0, 0.1) is 5.82 Å². The first-order valence-electron chi connectivity index (χ1n) is 12.7. The number of benzene rings is 3. The average Bonchev–Trinajstić information content (AvgIpc) is 3.47. The molecule has 40 heavy (non-hydrogen) atoms. The Kier molecular flexibility index (Phi) is 8.21. The number of carbonyl (C=O) groups is 1. The number of methoxy groups -OCH3 is 1. The van der Waals surface area contributed by atoms with E-state index in [1.165, 1.54) is 17.8 Å². The average molecular weight is 559 g/mol. The second kappa shape index (κ2) is 12.1. The van der Waals surface area contributed by atoms with Crippen LogP contribution < -0.4 is 9.47 Å². The zero-order valence-corrected chi connectivity index (χ0v) is 22.8. The van der Waals surface area contributed by atoms with Crippen molar-refractivity contribution < 1.29 is 28.5 Å². The van der Waals surface area contributed by atoms with E-state index >= 15 is 0 Å². The van der Waals surface area contributed by atoms with Crippen molar-refractivity contribution in [2.45, 2.75) is 13.5 Å². The number of aromatic nitrogens is 1. The number of thioether (sulfide) groups is 1. The number of ether oxygens (including phenoxy) is 3. The van der Waals surface area contributed by atoms with Gasteiger partial charge in [-0.3, -0.25) is 0 Å². The van der Waals surface area contributed by atoms with Crippen molar-refractivity contribution >= 4 is 45.4 Å². The molecule has 7 nitrogen and oxygen atoms in total. The summed E-state index contributed by atoms with van der Waals surface area (Å²) in [5.74, 6) is -0.348. The van der Waals surface area contributed by atoms with Crippen LogP contribution in [-0.2, 0) is 16.1 Å². The molecule has 1 aromatic heterocycles. The van der Waals surface area contributed by atoms with E-state index in [4.69, 9.17) is 14.2 Å². The van der Waals surface area contributed by atoms with Gasteiger partial charge in [-0.25, -0.2) is 14.2 Å². The van der Waals surface area contributed by atoms with Gasteiger partial charge in [-0.05, 0) is 55.5 Å². The van der Waals surface area contributed by atoms with Gasteiger partial charge in [0.2, 0.25) is 0 Å². The number of aliphatic imine (C=N–C) groups is 1. The number of fused-ring (bicyclic) bond motifs is 1. The molecule has 0 fully saturated rings. The summed E-state index contributed by atoms with van der Waals surface area (Å²) in [6.45, 7) is 2.61. The normalized spacial score (nSPS) is 15.3. The quantitative estimate of drug-likeness (QED) is 0.222. The molecule has 0 saturated heterocycles. The Morgan fingerprint density at radius 3 is 2.58 bits per heavy atom. The van der Waals surface area contributed by atoms with Crippen LogP contribution in [0.4, 0.5) is 10.1 Å². The standard InChI is InChI=1S/C31H27FN2O5S/c1-3-38-31(36)28-29(35)27(40-30(28)33-21-12-14-22(37-2)15-13-21)18-20-19-34(25-10-6-4-8-23(20)25)16-17-39-26-11-7-5-9-24(26)32/h4-15,18-19,35H,3,16-17H2,1-2H3/b27-18-,33-30?. The maximum Gasteiger partial charge on any atom is 0.344 e. The number of para-hydroxylation sites is 2. The number of hydrogen-bond donors (Lipinski definition) is 1. The first kappa shape index (κ1) is 27.1. The molecule has 204 valence electrons. The van der Waals surface area contributed by atoms with E-state index in [9.17, 15) is 14.3 Å². The topological polar surface area (TPSA) is 82.3 Å². The maximum atomic E-state index is 14.0. The van der Waals surface area contributed by atoms with E-state index in [2.05, 4.69) is 4.99 Å². The summed E-state index contributed by atoms with van der Waals surface area (Å²) in [6, 6.07) is 21.2. The van der Waals surface area contributed by atoms with E-state index in [0.29, 0.717) is 27.9 Å². The number of esters is 1. The highest BCUT2D eigenvalue weighted by Crippen LogP contribution is 2.41. The molecular weight excluding hydrogens is 531 g/mol. The lowest BCUT2D eigenvalue weighted by atomic mass is 10.1. The van der Waals surface area contributed by atoms with E-state index in [-0.39, 0.29) is 30.3 Å². The van der Waals surface area contributed by atoms with Crippen LogP contribution in [0.1, 0.15) is 12.5 Å². The van der Waals surface area contributed by atoms with Crippen molar-refractivity contribution in [3.63, 3.8) is 0 Å². The molecule has 0 amide bonds. The molecule has 2 heterocycles. The number of nitrogens with zero attached hydrogens (tertiary/aromatic N) is 2. The summed E-state index contributed by atoms with van der Waals surface area (Å²) in [7, 11) is 1.58. The zero-order chi connectivity index (χ0) is 28.1. The highest BCUT2D eigenvalue weighted by Gasteiger charge is 2.33. The number of aliphatic hydroxyl groups excluding tert-OH is 1. The van der Waals surface area contributed by atoms with E-state index in [0.717, 1.165) is 16.5 Å². The third-order valence-corrected chi connectivity index (χ3v) is 7.23. The van der Waals surface area contributed by atoms with E-state index < -0.39 is 11.8 Å². The largest absolute Gasteiger partial charge is 0.506 e. The van der Waals surface area contributed by atoms with Crippen LogP contribution in [0.25, 0.3) is 17.0 Å². The van der Waals surface area contributed by atoms with Crippen molar-refractivity contribution in [2.24, 2.45) is 4.99 Å². The predicted octanol–water partition coefficient (Wildman–Crippen LogP) is 7.06. The van der Waals surface area contributed by atoms with Gasteiger partial charge in [-0.2, -0.15) is 0 Å². The van der Waals surface area contributed by atoms with Crippen LogP contribution in [0.2, 0.25) is 0 Å². The summed E-state index contributed by atoms with van der Waals surface area (Å²) in [6.07, 6.45) is 3.77. The fourth-order valence-electron chi connectivity index (χ4n) is 4.30. The van der Waals surface area contributed by atoms with Gasteiger partial charge in [0.25, 0.3) is 0 Å². The molecule has 0 spiro atoms. The number of hydrogen-bond acceptors (Lipinski definition) is 7. The minimum Gasteiger partial charge on any atom is -0.506 e. The number of carbonyl (C=O) groups excluding carboxylic acids is 1.